The van der Waals surface area contributed by atoms with Gasteiger partial charge in [0.1, 0.15) is 11.3 Å². The Labute approximate surface area is 156 Å². The van der Waals surface area contributed by atoms with Crippen LogP contribution in [0.1, 0.15) is 18.7 Å². The van der Waals surface area contributed by atoms with Gasteiger partial charge in [0, 0.05) is 38.1 Å². The van der Waals surface area contributed by atoms with E-state index in [2.05, 4.69) is 20.4 Å². The van der Waals surface area contributed by atoms with Crippen molar-refractivity contribution in [2.24, 2.45) is 7.05 Å². The van der Waals surface area contributed by atoms with Crippen molar-refractivity contribution in [1.82, 2.24) is 29.1 Å². The van der Waals surface area contributed by atoms with E-state index < -0.39 is 0 Å². The van der Waals surface area contributed by atoms with E-state index in [1.165, 1.54) is 0 Å². The van der Waals surface area contributed by atoms with Crippen molar-refractivity contribution in [1.29, 1.82) is 0 Å². The molecule has 5 heterocycles. The molecule has 1 N–H and O–H groups in total. The summed E-state index contributed by atoms with van der Waals surface area (Å²) >= 11 is 0. The third kappa shape index (κ3) is 2.82. The van der Waals surface area contributed by atoms with E-state index in [9.17, 15) is 0 Å². The van der Waals surface area contributed by atoms with Gasteiger partial charge in [-0.25, -0.2) is 19.5 Å². The van der Waals surface area contributed by atoms with Gasteiger partial charge < -0.3 is 14.6 Å². The molecule has 1 aliphatic heterocycles. The minimum Gasteiger partial charge on any atom is -0.381 e. The van der Waals surface area contributed by atoms with Crippen LogP contribution >= 0.6 is 0 Å². The first-order valence-electron chi connectivity index (χ1n) is 9.18. The standard InChI is InChI=1S/C19H21N7O/c1-12-21-16-4-3-15(23-18(16)25(12)2)14-5-8-26-17(14)11-20-19(24-26)22-13-6-9-27-10-7-13/h3-5,8,11,13H,6-7,9-10H2,1-2H3,(H,22,24). The zero-order valence-electron chi connectivity index (χ0n) is 15.4. The lowest BCUT2D eigenvalue weighted by Gasteiger charge is -2.22. The van der Waals surface area contributed by atoms with Gasteiger partial charge in [-0.15, -0.1) is 5.10 Å². The summed E-state index contributed by atoms with van der Waals surface area (Å²) in [7, 11) is 1.98. The van der Waals surface area contributed by atoms with Crippen LogP contribution in [0, 0.1) is 6.92 Å². The van der Waals surface area contributed by atoms with Crippen molar-refractivity contribution >= 4 is 22.6 Å². The predicted octanol–water partition coefficient (Wildman–Crippen LogP) is 2.58. The summed E-state index contributed by atoms with van der Waals surface area (Å²) in [6.07, 6.45) is 5.75. The monoisotopic (exact) mass is 363 g/mol. The van der Waals surface area contributed by atoms with E-state index >= 15 is 0 Å². The molecule has 0 bridgehead atoms. The SMILES string of the molecule is Cc1nc2ccc(-c3ccn4nc(NC5CCOCC5)ncc34)nc2n1C. The number of hydrogen-bond acceptors (Lipinski definition) is 6. The highest BCUT2D eigenvalue weighted by Gasteiger charge is 2.16. The minimum absolute atomic E-state index is 0.364. The summed E-state index contributed by atoms with van der Waals surface area (Å²) in [5.74, 6) is 1.59. The summed E-state index contributed by atoms with van der Waals surface area (Å²) in [4.78, 5) is 13.8. The molecular weight excluding hydrogens is 342 g/mol. The highest BCUT2D eigenvalue weighted by molar-refractivity contribution is 5.82. The Morgan fingerprint density at radius 3 is 2.85 bits per heavy atom. The third-order valence-corrected chi connectivity index (χ3v) is 5.19. The number of pyridine rings is 1. The van der Waals surface area contributed by atoms with Gasteiger partial charge in [0.2, 0.25) is 5.95 Å². The van der Waals surface area contributed by atoms with Crippen LogP contribution in [0.25, 0.3) is 27.9 Å². The molecule has 1 saturated heterocycles. The quantitative estimate of drug-likeness (QED) is 0.602. The molecule has 8 nitrogen and oxygen atoms in total. The van der Waals surface area contributed by atoms with Gasteiger partial charge in [-0.2, -0.15) is 0 Å². The van der Waals surface area contributed by atoms with E-state index in [0.29, 0.717) is 12.0 Å². The second kappa shape index (κ2) is 6.31. The molecule has 0 spiro atoms. The third-order valence-electron chi connectivity index (χ3n) is 5.19. The average Bonchev–Trinajstić information content (AvgIpc) is 3.23. The van der Waals surface area contributed by atoms with Crippen LogP contribution in [0.2, 0.25) is 0 Å². The lowest BCUT2D eigenvalue weighted by atomic mass is 10.1. The Bertz CT molecular complexity index is 1120. The highest BCUT2D eigenvalue weighted by atomic mass is 16.5. The number of fused-ring (bicyclic) bond motifs is 2. The molecule has 4 aromatic heterocycles. The van der Waals surface area contributed by atoms with Crippen LogP contribution < -0.4 is 5.32 Å². The summed E-state index contributed by atoms with van der Waals surface area (Å²) < 4.78 is 9.26. The van der Waals surface area contributed by atoms with E-state index in [0.717, 1.165) is 59.8 Å². The summed E-state index contributed by atoms with van der Waals surface area (Å²) in [6.45, 7) is 3.56. The lowest BCUT2D eigenvalue weighted by molar-refractivity contribution is 0.0903. The molecule has 0 atom stereocenters. The molecule has 5 rings (SSSR count). The lowest BCUT2D eigenvalue weighted by Crippen LogP contribution is -2.28. The summed E-state index contributed by atoms with van der Waals surface area (Å²) in [5, 5.41) is 8.01. The molecule has 8 heteroatoms. The molecule has 0 saturated carbocycles. The fourth-order valence-electron chi connectivity index (χ4n) is 3.54. The van der Waals surface area contributed by atoms with Gasteiger partial charge >= 0.3 is 0 Å². The Balaban J connectivity index is 1.50. The molecule has 0 aromatic carbocycles. The maximum absolute atomic E-state index is 5.40. The number of ether oxygens (including phenoxy) is 1. The molecule has 1 fully saturated rings. The highest BCUT2D eigenvalue weighted by Crippen LogP contribution is 2.26. The molecular formula is C19H21N7O. The first-order valence-corrected chi connectivity index (χ1v) is 9.18. The number of aryl methyl sites for hydroxylation is 2. The smallest absolute Gasteiger partial charge is 0.241 e. The molecule has 0 aliphatic carbocycles. The number of anilines is 1. The van der Waals surface area contributed by atoms with Gasteiger partial charge in [0.25, 0.3) is 0 Å². The predicted molar refractivity (Wildman–Crippen MR) is 103 cm³/mol. The van der Waals surface area contributed by atoms with Crippen LogP contribution in [-0.2, 0) is 11.8 Å². The summed E-state index contributed by atoms with van der Waals surface area (Å²) in [5.41, 5.74) is 4.61. The minimum atomic E-state index is 0.364. The van der Waals surface area contributed by atoms with E-state index in [-0.39, 0.29) is 0 Å². The van der Waals surface area contributed by atoms with Crippen LogP contribution in [0.15, 0.2) is 30.6 Å². The zero-order valence-corrected chi connectivity index (χ0v) is 15.4. The van der Waals surface area contributed by atoms with Gasteiger partial charge in [-0.1, -0.05) is 0 Å². The van der Waals surface area contributed by atoms with Gasteiger partial charge in [-0.3, -0.25) is 0 Å². The average molecular weight is 363 g/mol. The van der Waals surface area contributed by atoms with E-state index in [4.69, 9.17) is 9.72 Å². The number of nitrogens with zero attached hydrogens (tertiary/aromatic N) is 6. The molecule has 0 amide bonds. The maximum atomic E-state index is 5.40. The van der Waals surface area contributed by atoms with Crippen LogP contribution in [0.3, 0.4) is 0 Å². The fraction of sp³-hybridized carbons (Fsp3) is 0.368. The largest absolute Gasteiger partial charge is 0.381 e. The molecule has 1 aliphatic rings. The number of nitrogens with one attached hydrogen (secondary N) is 1. The normalized spacial score (nSPS) is 15.6. The van der Waals surface area contributed by atoms with Crippen LogP contribution in [0.5, 0.6) is 0 Å². The Kier molecular flexibility index (Phi) is 3.78. The second-order valence-electron chi connectivity index (χ2n) is 6.93. The fourth-order valence-corrected chi connectivity index (χ4v) is 3.54. The number of hydrogen-bond donors (Lipinski definition) is 1. The topological polar surface area (TPSA) is 82.2 Å². The van der Waals surface area contributed by atoms with Gasteiger partial charge in [-0.05, 0) is 38.0 Å². The first kappa shape index (κ1) is 16.2. The van der Waals surface area contributed by atoms with Crippen molar-refractivity contribution in [2.75, 3.05) is 18.5 Å². The Hall–Kier alpha value is -3.00. The molecule has 4 aromatic rings. The van der Waals surface area contributed by atoms with Crippen molar-refractivity contribution in [2.45, 2.75) is 25.8 Å². The number of rotatable bonds is 3. The number of imidazole rings is 1. The van der Waals surface area contributed by atoms with Crippen molar-refractivity contribution in [3.63, 3.8) is 0 Å². The van der Waals surface area contributed by atoms with Crippen molar-refractivity contribution < 1.29 is 4.74 Å². The van der Waals surface area contributed by atoms with Crippen molar-refractivity contribution in [3.8, 4) is 11.3 Å². The molecule has 138 valence electrons. The van der Waals surface area contributed by atoms with E-state index in [1.807, 2.05) is 53.6 Å². The molecule has 0 radical (unpaired) electrons. The summed E-state index contributed by atoms with van der Waals surface area (Å²) in [6, 6.07) is 6.40. The Morgan fingerprint density at radius 1 is 1.15 bits per heavy atom. The maximum Gasteiger partial charge on any atom is 0.241 e. The Morgan fingerprint density at radius 2 is 2.00 bits per heavy atom. The van der Waals surface area contributed by atoms with Crippen LogP contribution in [-0.4, -0.2) is 48.4 Å². The second-order valence-corrected chi connectivity index (χ2v) is 6.93. The van der Waals surface area contributed by atoms with Crippen molar-refractivity contribution in [3.05, 3.63) is 36.4 Å². The van der Waals surface area contributed by atoms with Crippen LogP contribution in [0.4, 0.5) is 5.95 Å². The molecule has 0 unspecified atom stereocenters. The van der Waals surface area contributed by atoms with Gasteiger partial charge in [0.15, 0.2) is 5.65 Å². The number of aromatic nitrogens is 6. The van der Waals surface area contributed by atoms with Gasteiger partial charge in [0.05, 0.1) is 17.4 Å². The zero-order chi connectivity index (χ0) is 18.4. The molecule has 27 heavy (non-hydrogen) atoms. The first-order chi connectivity index (χ1) is 13.2. The van der Waals surface area contributed by atoms with E-state index in [1.54, 1.807) is 0 Å².